The lowest BCUT2D eigenvalue weighted by Gasteiger charge is -2.32. The van der Waals surface area contributed by atoms with Gasteiger partial charge in [-0.05, 0) is 43.2 Å². The van der Waals surface area contributed by atoms with Gasteiger partial charge in [0.2, 0.25) is 11.8 Å². The summed E-state index contributed by atoms with van der Waals surface area (Å²) in [7, 11) is 1.60. The third-order valence-electron chi connectivity index (χ3n) is 5.16. The number of nitrogens with zero attached hydrogens (tertiary/aromatic N) is 1. The van der Waals surface area contributed by atoms with Crippen LogP contribution in [0.2, 0.25) is 0 Å². The van der Waals surface area contributed by atoms with Gasteiger partial charge in [-0.25, -0.2) is 4.39 Å². The molecule has 6 nitrogen and oxygen atoms in total. The van der Waals surface area contributed by atoms with Crippen molar-refractivity contribution in [1.29, 1.82) is 0 Å². The maximum atomic E-state index is 12.9. The van der Waals surface area contributed by atoms with Crippen LogP contribution in [-0.2, 0) is 16.0 Å². The molecule has 0 atom stereocenters. The monoisotopic (exact) mass is 414 g/mol. The predicted molar refractivity (Wildman–Crippen MR) is 111 cm³/mol. The first-order valence-corrected chi connectivity index (χ1v) is 10.1. The normalized spacial score (nSPS) is 14.3. The topological polar surface area (TPSA) is 67.9 Å². The zero-order chi connectivity index (χ0) is 21.3. The lowest BCUT2D eigenvalue weighted by Crippen LogP contribution is -2.47. The number of piperidine rings is 1. The fraction of sp³-hybridized carbons (Fsp3) is 0.391. The van der Waals surface area contributed by atoms with E-state index in [1.165, 1.54) is 24.3 Å². The molecule has 0 aromatic heterocycles. The summed E-state index contributed by atoms with van der Waals surface area (Å²) in [5, 5.41) is 3.00. The molecule has 7 heteroatoms. The third kappa shape index (κ3) is 6.20. The van der Waals surface area contributed by atoms with Crippen LogP contribution < -0.4 is 14.8 Å². The molecular formula is C23H27FN2O4. The van der Waals surface area contributed by atoms with E-state index in [-0.39, 0.29) is 36.7 Å². The molecule has 1 N–H and O–H groups in total. The highest BCUT2D eigenvalue weighted by Crippen LogP contribution is 2.20. The largest absolute Gasteiger partial charge is 0.496 e. The number of halogens is 1. The minimum absolute atomic E-state index is 0.0543. The van der Waals surface area contributed by atoms with Crippen LogP contribution in [0.5, 0.6) is 11.5 Å². The van der Waals surface area contributed by atoms with Crippen LogP contribution in [0.15, 0.2) is 48.5 Å². The number of rotatable bonds is 8. The maximum Gasteiger partial charge on any atom is 0.227 e. The Balaban J connectivity index is 1.37. The number of carbonyl (C=O) groups excluding carboxylic acids is 2. The number of carbonyl (C=O) groups is 2. The second kappa shape index (κ2) is 10.6. The molecule has 0 aliphatic carbocycles. The average Bonchev–Trinajstić information content (AvgIpc) is 2.76. The quantitative estimate of drug-likeness (QED) is 0.721. The standard InChI is InChI=1S/C23H27FN2O4/c1-29-21-5-3-2-4-17(21)16-23(28)26-13-10-19(11-14-26)25-22(27)12-15-30-20-8-6-18(24)7-9-20/h2-9,19H,10-16H2,1H3,(H,25,27). The second-order valence-corrected chi connectivity index (χ2v) is 7.26. The zero-order valence-electron chi connectivity index (χ0n) is 17.1. The van der Waals surface area contributed by atoms with Gasteiger partial charge in [-0.2, -0.15) is 0 Å². The molecule has 0 unspecified atom stereocenters. The van der Waals surface area contributed by atoms with Gasteiger partial charge in [-0.1, -0.05) is 18.2 Å². The van der Waals surface area contributed by atoms with Crippen LogP contribution in [0.4, 0.5) is 4.39 Å². The predicted octanol–water partition coefficient (Wildman–Crippen LogP) is 2.95. The molecule has 2 amide bonds. The molecule has 1 heterocycles. The zero-order valence-corrected chi connectivity index (χ0v) is 17.1. The highest BCUT2D eigenvalue weighted by atomic mass is 19.1. The van der Waals surface area contributed by atoms with Gasteiger partial charge in [0, 0.05) is 24.7 Å². The molecule has 0 radical (unpaired) electrons. The molecule has 1 aliphatic rings. The number of nitrogens with one attached hydrogen (secondary N) is 1. The molecule has 2 aromatic rings. The Bertz CT molecular complexity index is 849. The lowest BCUT2D eigenvalue weighted by atomic mass is 10.0. The van der Waals surface area contributed by atoms with Gasteiger partial charge < -0.3 is 19.7 Å². The summed E-state index contributed by atoms with van der Waals surface area (Å²) in [6.45, 7) is 1.46. The molecule has 2 aromatic carbocycles. The van der Waals surface area contributed by atoms with Crippen molar-refractivity contribution < 1.29 is 23.5 Å². The first-order chi connectivity index (χ1) is 14.5. The number of hydrogen-bond donors (Lipinski definition) is 1. The number of amides is 2. The van der Waals surface area contributed by atoms with Crippen molar-refractivity contribution >= 4 is 11.8 Å². The highest BCUT2D eigenvalue weighted by molar-refractivity contribution is 5.80. The van der Waals surface area contributed by atoms with Crippen molar-refractivity contribution in [3.8, 4) is 11.5 Å². The van der Waals surface area contributed by atoms with Crippen LogP contribution in [0, 0.1) is 5.82 Å². The highest BCUT2D eigenvalue weighted by Gasteiger charge is 2.24. The third-order valence-corrected chi connectivity index (χ3v) is 5.16. The fourth-order valence-electron chi connectivity index (χ4n) is 3.49. The van der Waals surface area contributed by atoms with Gasteiger partial charge in [0.05, 0.1) is 26.6 Å². The van der Waals surface area contributed by atoms with E-state index in [1.54, 1.807) is 7.11 Å². The van der Waals surface area contributed by atoms with Crippen molar-refractivity contribution in [2.75, 3.05) is 26.8 Å². The molecule has 0 bridgehead atoms. The molecule has 3 rings (SSSR count). The Morgan fingerprint density at radius 3 is 2.50 bits per heavy atom. The average molecular weight is 414 g/mol. The van der Waals surface area contributed by atoms with Gasteiger partial charge in [-0.15, -0.1) is 0 Å². The summed E-state index contributed by atoms with van der Waals surface area (Å²) in [6, 6.07) is 13.3. The number of ether oxygens (including phenoxy) is 2. The van der Waals surface area contributed by atoms with Crippen LogP contribution in [0.3, 0.4) is 0 Å². The first kappa shape index (κ1) is 21.6. The minimum atomic E-state index is -0.326. The summed E-state index contributed by atoms with van der Waals surface area (Å²) in [4.78, 5) is 26.6. The molecule has 160 valence electrons. The van der Waals surface area contributed by atoms with Crippen LogP contribution in [-0.4, -0.2) is 49.6 Å². The Morgan fingerprint density at radius 1 is 1.10 bits per heavy atom. The van der Waals surface area contributed by atoms with E-state index < -0.39 is 0 Å². The SMILES string of the molecule is COc1ccccc1CC(=O)N1CCC(NC(=O)CCOc2ccc(F)cc2)CC1. The number of likely N-dealkylation sites (tertiary alicyclic amines) is 1. The lowest BCUT2D eigenvalue weighted by molar-refractivity contribution is -0.131. The Hall–Kier alpha value is -3.09. The van der Waals surface area contributed by atoms with Crippen molar-refractivity contribution in [1.82, 2.24) is 10.2 Å². The summed E-state index contributed by atoms with van der Waals surface area (Å²) in [6.07, 6.45) is 1.98. The molecule has 1 aliphatic heterocycles. The van der Waals surface area contributed by atoms with Crippen molar-refractivity contribution in [3.05, 3.63) is 59.9 Å². The Labute approximate surface area is 176 Å². The van der Waals surface area contributed by atoms with Crippen LogP contribution >= 0.6 is 0 Å². The smallest absolute Gasteiger partial charge is 0.227 e. The van der Waals surface area contributed by atoms with E-state index in [0.29, 0.717) is 25.3 Å². The van der Waals surface area contributed by atoms with E-state index in [4.69, 9.17) is 9.47 Å². The number of para-hydroxylation sites is 1. The molecule has 1 fully saturated rings. The Morgan fingerprint density at radius 2 is 1.80 bits per heavy atom. The molecule has 0 saturated carbocycles. The van der Waals surface area contributed by atoms with E-state index in [1.807, 2.05) is 29.2 Å². The number of hydrogen-bond acceptors (Lipinski definition) is 4. The second-order valence-electron chi connectivity index (χ2n) is 7.26. The first-order valence-electron chi connectivity index (χ1n) is 10.1. The van der Waals surface area contributed by atoms with Gasteiger partial charge in [0.25, 0.3) is 0 Å². The minimum Gasteiger partial charge on any atom is -0.496 e. The molecule has 0 spiro atoms. The van der Waals surface area contributed by atoms with E-state index in [9.17, 15) is 14.0 Å². The summed E-state index contributed by atoms with van der Waals surface area (Å²) in [5.74, 6) is 0.905. The van der Waals surface area contributed by atoms with Crippen LogP contribution in [0.1, 0.15) is 24.8 Å². The van der Waals surface area contributed by atoms with Crippen molar-refractivity contribution in [2.45, 2.75) is 31.7 Å². The van der Waals surface area contributed by atoms with Gasteiger partial charge in [-0.3, -0.25) is 9.59 Å². The van der Waals surface area contributed by atoms with Gasteiger partial charge in [0.1, 0.15) is 17.3 Å². The van der Waals surface area contributed by atoms with Crippen molar-refractivity contribution in [3.63, 3.8) is 0 Å². The van der Waals surface area contributed by atoms with E-state index in [2.05, 4.69) is 5.32 Å². The Kier molecular flexibility index (Phi) is 7.65. The fourth-order valence-corrected chi connectivity index (χ4v) is 3.49. The van der Waals surface area contributed by atoms with E-state index in [0.717, 1.165) is 24.2 Å². The molecule has 30 heavy (non-hydrogen) atoms. The van der Waals surface area contributed by atoms with Crippen molar-refractivity contribution in [2.24, 2.45) is 0 Å². The van der Waals surface area contributed by atoms with Gasteiger partial charge in [0.15, 0.2) is 0 Å². The number of benzene rings is 2. The van der Waals surface area contributed by atoms with E-state index >= 15 is 0 Å². The summed E-state index contributed by atoms with van der Waals surface area (Å²) in [5.41, 5.74) is 0.876. The summed E-state index contributed by atoms with van der Waals surface area (Å²) < 4.78 is 23.6. The molecular weight excluding hydrogens is 387 g/mol. The number of methoxy groups -OCH3 is 1. The molecule has 1 saturated heterocycles. The summed E-state index contributed by atoms with van der Waals surface area (Å²) >= 11 is 0. The maximum absolute atomic E-state index is 12.9. The van der Waals surface area contributed by atoms with Crippen LogP contribution in [0.25, 0.3) is 0 Å². The van der Waals surface area contributed by atoms with Gasteiger partial charge >= 0.3 is 0 Å².